The van der Waals surface area contributed by atoms with Crippen molar-refractivity contribution in [3.8, 4) is 11.4 Å². The lowest BCUT2D eigenvalue weighted by atomic mass is 9.87. The number of aromatic nitrogens is 3. The molecule has 0 aliphatic carbocycles. The lowest BCUT2D eigenvalue weighted by Gasteiger charge is -2.19. The third kappa shape index (κ3) is 4.13. The van der Waals surface area contributed by atoms with E-state index in [2.05, 4.69) is 55.2 Å². The molecule has 0 fully saturated rings. The lowest BCUT2D eigenvalue weighted by molar-refractivity contribution is -0.125. The zero-order chi connectivity index (χ0) is 17.2. The quantitative estimate of drug-likeness (QED) is 0.808. The number of hydrogen-bond acceptors (Lipinski definition) is 4. The maximum atomic E-state index is 11.7. The highest BCUT2D eigenvalue weighted by molar-refractivity contribution is 7.99. The van der Waals surface area contributed by atoms with Crippen LogP contribution in [0.5, 0.6) is 0 Å². The fraction of sp³-hybridized carbons (Fsp3) is 0.471. The summed E-state index contributed by atoms with van der Waals surface area (Å²) in [4.78, 5) is 13.3. The van der Waals surface area contributed by atoms with E-state index < -0.39 is 0 Å². The maximum absolute atomic E-state index is 11.7. The molecule has 0 spiro atoms. The van der Waals surface area contributed by atoms with Gasteiger partial charge in [0.05, 0.1) is 5.75 Å². The van der Waals surface area contributed by atoms with E-state index in [-0.39, 0.29) is 11.3 Å². The van der Waals surface area contributed by atoms with Crippen LogP contribution in [0.2, 0.25) is 0 Å². The number of benzene rings is 1. The summed E-state index contributed by atoms with van der Waals surface area (Å²) in [6.45, 7) is 6.59. The molecule has 1 heterocycles. The smallest absolute Gasteiger partial charge is 0.232 e. The standard InChI is InChI=1S/C17H24N4OS/c1-17(2,3)13-9-7-12(8-10-13)15-18-19-16(21(15)6)23-11-14(22)20(4)5/h7-10H,11H2,1-6H3. The Hall–Kier alpha value is -1.82. The van der Waals surface area contributed by atoms with Gasteiger partial charge in [-0.3, -0.25) is 4.79 Å². The average molecular weight is 332 g/mol. The number of carbonyl (C=O) groups excluding carboxylic acids is 1. The van der Waals surface area contributed by atoms with Crippen LogP contribution >= 0.6 is 11.8 Å². The Kier molecular flexibility index (Phi) is 5.14. The number of hydrogen-bond donors (Lipinski definition) is 0. The van der Waals surface area contributed by atoms with Crippen LogP contribution in [0.15, 0.2) is 29.4 Å². The van der Waals surface area contributed by atoms with Gasteiger partial charge in [0.25, 0.3) is 0 Å². The second-order valence-electron chi connectivity index (χ2n) is 6.77. The summed E-state index contributed by atoms with van der Waals surface area (Å²) < 4.78 is 1.93. The highest BCUT2D eigenvalue weighted by Gasteiger charge is 2.16. The molecule has 0 atom stereocenters. The molecule has 23 heavy (non-hydrogen) atoms. The van der Waals surface area contributed by atoms with E-state index in [1.165, 1.54) is 17.3 Å². The molecule has 1 aromatic carbocycles. The van der Waals surface area contributed by atoms with Gasteiger partial charge >= 0.3 is 0 Å². The predicted molar refractivity (Wildman–Crippen MR) is 94.6 cm³/mol. The first kappa shape index (κ1) is 17.5. The van der Waals surface area contributed by atoms with E-state index in [0.717, 1.165) is 16.5 Å². The zero-order valence-electron chi connectivity index (χ0n) is 14.6. The van der Waals surface area contributed by atoms with Crippen molar-refractivity contribution in [2.24, 2.45) is 7.05 Å². The molecule has 0 saturated carbocycles. The van der Waals surface area contributed by atoms with E-state index in [1.54, 1.807) is 19.0 Å². The molecule has 0 aliphatic rings. The second-order valence-corrected chi connectivity index (χ2v) is 7.71. The minimum Gasteiger partial charge on any atom is -0.348 e. The first-order chi connectivity index (χ1) is 10.7. The van der Waals surface area contributed by atoms with Gasteiger partial charge < -0.3 is 9.47 Å². The molecule has 5 nitrogen and oxygen atoms in total. The Morgan fingerprint density at radius 3 is 2.30 bits per heavy atom. The molecule has 1 amide bonds. The third-order valence-corrected chi connectivity index (χ3v) is 4.67. The first-order valence-corrected chi connectivity index (χ1v) is 8.52. The number of rotatable bonds is 4. The normalized spacial score (nSPS) is 11.6. The summed E-state index contributed by atoms with van der Waals surface area (Å²) >= 11 is 1.40. The van der Waals surface area contributed by atoms with E-state index in [0.29, 0.717) is 5.75 Å². The van der Waals surface area contributed by atoms with Gasteiger partial charge in [-0.15, -0.1) is 10.2 Å². The first-order valence-electron chi connectivity index (χ1n) is 7.53. The van der Waals surface area contributed by atoms with Crippen LogP contribution in [0.3, 0.4) is 0 Å². The number of carbonyl (C=O) groups is 1. The molecule has 0 unspecified atom stereocenters. The Balaban J connectivity index is 2.17. The highest BCUT2D eigenvalue weighted by atomic mass is 32.2. The van der Waals surface area contributed by atoms with Crippen molar-refractivity contribution in [3.05, 3.63) is 29.8 Å². The summed E-state index contributed by atoms with van der Waals surface area (Å²) in [5.74, 6) is 1.24. The van der Waals surface area contributed by atoms with Crippen LogP contribution in [0.25, 0.3) is 11.4 Å². The third-order valence-electron chi connectivity index (χ3n) is 3.67. The predicted octanol–water partition coefficient (Wildman–Crippen LogP) is 2.96. The van der Waals surface area contributed by atoms with Crippen molar-refractivity contribution in [2.45, 2.75) is 31.3 Å². The minimum atomic E-state index is 0.0640. The van der Waals surface area contributed by atoms with Crippen LogP contribution in [0, 0.1) is 0 Å². The van der Waals surface area contributed by atoms with E-state index in [1.807, 2.05) is 11.6 Å². The van der Waals surface area contributed by atoms with Gasteiger partial charge in [0, 0.05) is 26.7 Å². The molecule has 0 radical (unpaired) electrons. The number of amides is 1. The molecule has 2 rings (SSSR count). The van der Waals surface area contributed by atoms with Crippen molar-refractivity contribution in [2.75, 3.05) is 19.8 Å². The molecule has 6 heteroatoms. The molecule has 0 N–H and O–H groups in total. The second kappa shape index (κ2) is 6.74. The lowest BCUT2D eigenvalue weighted by Crippen LogP contribution is -2.23. The number of thioether (sulfide) groups is 1. The van der Waals surface area contributed by atoms with Gasteiger partial charge in [-0.1, -0.05) is 56.8 Å². The van der Waals surface area contributed by atoms with Crippen LogP contribution in [-0.2, 0) is 17.3 Å². The summed E-state index contributed by atoms with van der Waals surface area (Å²) in [6.07, 6.45) is 0. The van der Waals surface area contributed by atoms with Gasteiger partial charge in [-0.2, -0.15) is 0 Å². The van der Waals surface area contributed by atoms with E-state index >= 15 is 0 Å². The summed E-state index contributed by atoms with van der Waals surface area (Å²) in [5, 5.41) is 9.21. The molecular formula is C17H24N4OS. The minimum absolute atomic E-state index is 0.0640. The Bertz CT molecular complexity index is 684. The van der Waals surface area contributed by atoms with E-state index in [9.17, 15) is 4.79 Å². The molecule has 0 saturated heterocycles. The van der Waals surface area contributed by atoms with Crippen LogP contribution < -0.4 is 0 Å². The SMILES string of the molecule is CN(C)C(=O)CSc1nnc(-c2ccc(C(C)(C)C)cc2)n1C. The number of nitrogens with zero attached hydrogens (tertiary/aromatic N) is 4. The van der Waals surface area contributed by atoms with Gasteiger partial charge in [-0.25, -0.2) is 0 Å². The largest absolute Gasteiger partial charge is 0.348 e. The van der Waals surface area contributed by atoms with Crippen molar-refractivity contribution >= 4 is 17.7 Å². The van der Waals surface area contributed by atoms with Crippen molar-refractivity contribution in [1.29, 1.82) is 0 Å². The average Bonchev–Trinajstić information content (AvgIpc) is 2.85. The highest BCUT2D eigenvalue weighted by Crippen LogP contribution is 2.27. The van der Waals surface area contributed by atoms with Crippen molar-refractivity contribution in [3.63, 3.8) is 0 Å². The van der Waals surface area contributed by atoms with Gasteiger partial charge in [0.2, 0.25) is 5.91 Å². The van der Waals surface area contributed by atoms with Crippen molar-refractivity contribution < 1.29 is 4.79 Å². The van der Waals surface area contributed by atoms with Gasteiger partial charge in [0.15, 0.2) is 11.0 Å². The molecular weight excluding hydrogens is 308 g/mol. The topological polar surface area (TPSA) is 51.0 Å². The van der Waals surface area contributed by atoms with Crippen LogP contribution in [0.1, 0.15) is 26.3 Å². The van der Waals surface area contributed by atoms with Crippen LogP contribution in [-0.4, -0.2) is 45.4 Å². The molecule has 0 aliphatic heterocycles. The molecule has 1 aromatic heterocycles. The summed E-state index contributed by atoms with van der Waals surface area (Å²) in [5.41, 5.74) is 2.44. The molecule has 0 bridgehead atoms. The van der Waals surface area contributed by atoms with Gasteiger partial charge in [-0.05, 0) is 11.0 Å². The van der Waals surface area contributed by atoms with Gasteiger partial charge in [0.1, 0.15) is 0 Å². The molecule has 124 valence electrons. The molecule has 2 aromatic rings. The Morgan fingerprint density at radius 1 is 1.17 bits per heavy atom. The Morgan fingerprint density at radius 2 is 1.78 bits per heavy atom. The maximum Gasteiger partial charge on any atom is 0.232 e. The monoisotopic (exact) mass is 332 g/mol. The fourth-order valence-corrected chi connectivity index (χ4v) is 2.96. The van der Waals surface area contributed by atoms with E-state index in [4.69, 9.17) is 0 Å². The zero-order valence-corrected chi connectivity index (χ0v) is 15.4. The summed E-state index contributed by atoms with van der Waals surface area (Å²) in [7, 11) is 5.43. The fourth-order valence-electron chi connectivity index (χ4n) is 2.07. The Labute approximate surface area is 142 Å². The van der Waals surface area contributed by atoms with Crippen molar-refractivity contribution in [1.82, 2.24) is 19.7 Å². The van der Waals surface area contributed by atoms with Crippen LogP contribution in [0.4, 0.5) is 0 Å². The summed E-state index contributed by atoms with van der Waals surface area (Å²) in [6, 6.07) is 8.41.